The number of hydrogen-bond donors (Lipinski definition) is 2. The maximum absolute atomic E-state index is 13.5. The molecule has 0 unspecified atom stereocenters. The third-order valence-corrected chi connectivity index (χ3v) is 5.36. The number of alkyl halides is 3. The van der Waals surface area contributed by atoms with E-state index >= 15 is 0 Å². The molecule has 1 heterocycles. The Hall–Kier alpha value is -3.38. The molecule has 0 saturated carbocycles. The van der Waals surface area contributed by atoms with Crippen LogP contribution in [0.4, 0.5) is 17.6 Å². The molecule has 2 amide bonds. The van der Waals surface area contributed by atoms with E-state index in [0.29, 0.717) is 25.4 Å². The normalized spacial score (nSPS) is 13.3. The molecule has 1 saturated heterocycles. The highest BCUT2D eigenvalue weighted by molar-refractivity contribution is 6.31. The summed E-state index contributed by atoms with van der Waals surface area (Å²) in [7, 11) is 0. The van der Waals surface area contributed by atoms with Crippen LogP contribution in [0.15, 0.2) is 42.5 Å². The molecule has 2 aromatic carbocycles. The van der Waals surface area contributed by atoms with Gasteiger partial charge in [-0.1, -0.05) is 23.7 Å². The Morgan fingerprint density at radius 2 is 1.78 bits per heavy atom. The first kappa shape index (κ1) is 29.8. The molecule has 202 valence electrons. The summed E-state index contributed by atoms with van der Waals surface area (Å²) >= 11 is 5.86. The average molecular weight is 548 g/mol. The van der Waals surface area contributed by atoms with Gasteiger partial charge in [0.1, 0.15) is 18.1 Å². The second-order valence-electron chi connectivity index (χ2n) is 7.80. The number of ether oxygens (including phenoxy) is 1. The van der Waals surface area contributed by atoms with Crippen molar-refractivity contribution in [1.29, 1.82) is 0 Å². The summed E-state index contributed by atoms with van der Waals surface area (Å²) in [5.74, 6) is -3.17. The van der Waals surface area contributed by atoms with Crippen LogP contribution in [0.5, 0.6) is 5.75 Å². The van der Waals surface area contributed by atoms with Crippen molar-refractivity contribution in [3.05, 3.63) is 64.4 Å². The van der Waals surface area contributed by atoms with E-state index in [-0.39, 0.29) is 35.5 Å². The zero-order valence-electron chi connectivity index (χ0n) is 19.9. The van der Waals surface area contributed by atoms with Gasteiger partial charge in [-0.25, -0.2) is 9.18 Å². The van der Waals surface area contributed by atoms with Gasteiger partial charge in [0, 0.05) is 38.3 Å². The minimum atomic E-state index is -5.08. The number of halogens is 5. The van der Waals surface area contributed by atoms with Crippen LogP contribution in [0.3, 0.4) is 0 Å². The molecule has 0 spiro atoms. The van der Waals surface area contributed by atoms with Crippen LogP contribution in [-0.4, -0.2) is 78.2 Å². The third-order valence-electron chi connectivity index (χ3n) is 5.07. The number of carboxylic acid groups (broad SMARTS) is 1. The molecule has 1 aliphatic heterocycles. The first-order valence-corrected chi connectivity index (χ1v) is 11.5. The number of nitrogens with zero attached hydrogens (tertiary/aromatic N) is 2. The van der Waals surface area contributed by atoms with E-state index in [9.17, 15) is 27.2 Å². The molecular weight excluding hydrogens is 522 g/mol. The summed E-state index contributed by atoms with van der Waals surface area (Å²) in [6.07, 6.45) is -5.08. The largest absolute Gasteiger partial charge is 0.494 e. The number of carbonyl (C=O) groups is 3. The van der Waals surface area contributed by atoms with Gasteiger partial charge < -0.3 is 25.0 Å². The van der Waals surface area contributed by atoms with Gasteiger partial charge in [-0.2, -0.15) is 13.2 Å². The van der Waals surface area contributed by atoms with E-state index in [1.165, 1.54) is 17.0 Å². The van der Waals surface area contributed by atoms with Crippen molar-refractivity contribution in [2.24, 2.45) is 0 Å². The fraction of sp³-hybridized carbons (Fsp3) is 0.375. The maximum Gasteiger partial charge on any atom is 0.490 e. The molecule has 0 aliphatic carbocycles. The molecule has 13 heteroatoms. The van der Waals surface area contributed by atoms with Gasteiger partial charge in [0.15, 0.2) is 0 Å². The molecule has 2 N–H and O–H groups in total. The van der Waals surface area contributed by atoms with Crippen molar-refractivity contribution in [2.45, 2.75) is 19.6 Å². The van der Waals surface area contributed by atoms with E-state index in [1.807, 2.05) is 31.2 Å². The Kier molecular flexibility index (Phi) is 11.1. The van der Waals surface area contributed by atoms with Gasteiger partial charge in [0.2, 0.25) is 5.91 Å². The Labute approximate surface area is 215 Å². The number of aliphatic carboxylic acids is 1. The van der Waals surface area contributed by atoms with E-state index < -0.39 is 18.0 Å². The molecule has 0 radical (unpaired) electrons. The number of carbonyl (C=O) groups excluding carboxylic acids is 2. The predicted molar refractivity (Wildman–Crippen MR) is 127 cm³/mol. The monoisotopic (exact) mass is 547 g/mol. The molecule has 1 fully saturated rings. The van der Waals surface area contributed by atoms with Crippen LogP contribution in [0.2, 0.25) is 5.02 Å². The van der Waals surface area contributed by atoms with Gasteiger partial charge in [-0.05, 0) is 42.8 Å². The Bertz CT molecular complexity index is 1090. The lowest BCUT2D eigenvalue weighted by Gasteiger charge is -2.30. The van der Waals surface area contributed by atoms with Crippen LogP contribution < -0.4 is 10.1 Å². The number of rotatable bonds is 7. The van der Waals surface area contributed by atoms with Crippen molar-refractivity contribution in [2.75, 3.05) is 39.3 Å². The zero-order valence-corrected chi connectivity index (χ0v) is 20.6. The van der Waals surface area contributed by atoms with E-state index in [1.54, 1.807) is 4.90 Å². The Morgan fingerprint density at radius 1 is 1.14 bits per heavy atom. The van der Waals surface area contributed by atoms with Crippen LogP contribution in [0.25, 0.3) is 0 Å². The number of piperazine rings is 1. The SMILES string of the molecule is CCOc1cccc(CN(CC(=O)N2CCNCC2)C(=O)c2ccc(F)c(Cl)c2)c1.O=C(O)C(F)(F)F. The standard InChI is InChI=1S/C22H25ClFN3O3.C2HF3O2/c1-2-30-18-5-3-4-16(12-18)14-27(15-21(28)26-10-8-25-9-11-26)22(29)17-6-7-20(24)19(23)13-17;3-2(4,5)1(6)7/h3-7,12-13,25H,2,8-11,14-15H2,1H3;(H,6,7). The first-order chi connectivity index (χ1) is 17.4. The minimum Gasteiger partial charge on any atom is -0.494 e. The molecule has 0 atom stereocenters. The first-order valence-electron chi connectivity index (χ1n) is 11.2. The van der Waals surface area contributed by atoms with Crippen LogP contribution in [-0.2, 0) is 16.1 Å². The lowest BCUT2D eigenvalue weighted by molar-refractivity contribution is -0.192. The number of amides is 2. The van der Waals surface area contributed by atoms with Crippen LogP contribution in [0.1, 0.15) is 22.8 Å². The summed E-state index contributed by atoms with van der Waals surface area (Å²) in [6, 6.07) is 11.2. The number of hydrogen-bond acceptors (Lipinski definition) is 5. The molecule has 1 aliphatic rings. The van der Waals surface area contributed by atoms with Crippen molar-refractivity contribution < 1.29 is 41.8 Å². The summed E-state index contributed by atoms with van der Waals surface area (Å²) in [6.45, 7) is 5.22. The molecule has 3 rings (SSSR count). The van der Waals surface area contributed by atoms with Gasteiger partial charge in [-0.15, -0.1) is 0 Å². The smallest absolute Gasteiger partial charge is 0.490 e. The summed E-state index contributed by atoms with van der Waals surface area (Å²) in [5.41, 5.74) is 1.06. The Balaban J connectivity index is 0.000000604. The van der Waals surface area contributed by atoms with Gasteiger partial charge in [0.25, 0.3) is 5.91 Å². The number of carboxylic acids is 1. The number of nitrogens with one attached hydrogen (secondary N) is 1. The quantitative estimate of drug-likeness (QED) is 0.514. The van der Waals surface area contributed by atoms with E-state index in [4.69, 9.17) is 26.2 Å². The summed E-state index contributed by atoms with van der Waals surface area (Å²) in [5, 5.41) is 10.2. The molecular formula is C24H26ClF4N3O5. The third kappa shape index (κ3) is 9.54. The van der Waals surface area contributed by atoms with Crippen molar-refractivity contribution >= 4 is 29.4 Å². The van der Waals surface area contributed by atoms with Crippen LogP contribution in [0, 0.1) is 5.82 Å². The maximum atomic E-state index is 13.5. The lowest BCUT2D eigenvalue weighted by atomic mass is 10.1. The molecule has 8 nitrogen and oxygen atoms in total. The Morgan fingerprint density at radius 3 is 2.35 bits per heavy atom. The second-order valence-corrected chi connectivity index (χ2v) is 8.21. The second kappa shape index (κ2) is 13.8. The van der Waals surface area contributed by atoms with Gasteiger partial charge in [-0.3, -0.25) is 9.59 Å². The zero-order chi connectivity index (χ0) is 27.6. The molecule has 0 bridgehead atoms. The number of benzene rings is 2. The topological polar surface area (TPSA) is 99.2 Å². The van der Waals surface area contributed by atoms with Crippen LogP contribution >= 0.6 is 11.6 Å². The average Bonchev–Trinajstić information content (AvgIpc) is 2.85. The highest BCUT2D eigenvalue weighted by Gasteiger charge is 2.38. The van der Waals surface area contributed by atoms with Crippen molar-refractivity contribution in [3.8, 4) is 5.75 Å². The van der Waals surface area contributed by atoms with E-state index in [0.717, 1.165) is 24.7 Å². The highest BCUT2D eigenvalue weighted by Crippen LogP contribution is 2.20. The molecule has 37 heavy (non-hydrogen) atoms. The molecule has 0 aromatic heterocycles. The van der Waals surface area contributed by atoms with Gasteiger partial charge in [0.05, 0.1) is 11.6 Å². The predicted octanol–water partition coefficient (Wildman–Crippen LogP) is 3.59. The fourth-order valence-electron chi connectivity index (χ4n) is 3.31. The minimum absolute atomic E-state index is 0.0767. The highest BCUT2D eigenvalue weighted by atomic mass is 35.5. The van der Waals surface area contributed by atoms with Crippen molar-refractivity contribution in [1.82, 2.24) is 15.1 Å². The summed E-state index contributed by atoms with van der Waals surface area (Å²) in [4.78, 5) is 38.1. The van der Waals surface area contributed by atoms with Crippen molar-refractivity contribution in [3.63, 3.8) is 0 Å². The summed E-state index contributed by atoms with van der Waals surface area (Å²) < 4.78 is 50.8. The molecule has 2 aromatic rings. The van der Waals surface area contributed by atoms with E-state index in [2.05, 4.69) is 5.32 Å². The lowest BCUT2D eigenvalue weighted by Crippen LogP contribution is -2.50. The fourth-order valence-corrected chi connectivity index (χ4v) is 3.49. The van der Waals surface area contributed by atoms with Gasteiger partial charge >= 0.3 is 12.1 Å².